The van der Waals surface area contributed by atoms with Crippen LogP contribution in [0, 0.1) is 11.8 Å². The third kappa shape index (κ3) is 27.4. The van der Waals surface area contributed by atoms with Crippen LogP contribution in [-0.4, -0.2) is 74.7 Å². The number of carbonyl (C=O) groups excluding carboxylic acids is 2. The van der Waals surface area contributed by atoms with Gasteiger partial charge >= 0.3 is 19.8 Å². The summed E-state index contributed by atoms with van der Waals surface area (Å²) in [5.74, 6) is -1.79. The Morgan fingerprint density at radius 1 is 0.736 bits per heavy atom. The first-order chi connectivity index (χ1) is 25.5. The predicted molar refractivity (Wildman–Crippen MR) is 209 cm³/mol. The van der Waals surface area contributed by atoms with Gasteiger partial charge in [0.05, 0.1) is 31.3 Å². The second-order valence-corrected chi connectivity index (χ2v) is 15.8. The number of unbranched alkanes of at least 4 members (excludes halogenated alkanes) is 15. The van der Waals surface area contributed by atoms with Crippen molar-refractivity contribution in [2.24, 2.45) is 11.8 Å². The summed E-state index contributed by atoms with van der Waals surface area (Å²) in [4.78, 5) is 43.1. The Morgan fingerprint density at radius 3 is 1.94 bits per heavy atom. The van der Waals surface area contributed by atoms with Crippen LogP contribution in [0.3, 0.4) is 0 Å². The summed E-state index contributed by atoms with van der Waals surface area (Å²) in [6, 6.07) is 0. The van der Waals surface area contributed by atoms with E-state index >= 15 is 0 Å². The van der Waals surface area contributed by atoms with Crippen molar-refractivity contribution >= 4 is 19.8 Å². The number of rotatable bonds is 33. The maximum atomic E-state index is 12.5. The SMILES string of the molecule is CCCCCCCC/C=C\CCCCCCCCCC(=O)O[C@H](COC(=O)C/C=C\C[C@H]1[C@@H](/C=C/[C@H](O)CCCCC)[C@H](O)C[C@@H]1O)COP(=O)(O)O. The van der Waals surface area contributed by atoms with Crippen LogP contribution in [0.5, 0.6) is 0 Å². The number of aliphatic hydroxyl groups is 3. The largest absolute Gasteiger partial charge is 0.469 e. The van der Waals surface area contributed by atoms with Crippen molar-refractivity contribution in [2.45, 2.75) is 186 Å². The van der Waals surface area contributed by atoms with Crippen LogP contribution in [0.1, 0.15) is 162 Å². The highest BCUT2D eigenvalue weighted by molar-refractivity contribution is 7.46. The van der Waals surface area contributed by atoms with Gasteiger partial charge in [-0.1, -0.05) is 134 Å². The molecule has 1 rings (SSSR count). The van der Waals surface area contributed by atoms with Gasteiger partial charge in [-0.25, -0.2) is 4.57 Å². The fourth-order valence-electron chi connectivity index (χ4n) is 6.58. The molecule has 0 saturated heterocycles. The lowest BCUT2D eigenvalue weighted by molar-refractivity contribution is -0.160. The molecule has 0 bridgehead atoms. The summed E-state index contributed by atoms with van der Waals surface area (Å²) in [5, 5.41) is 31.2. The second-order valence-electron chi connectivity index (χ2n) is 14.6. The minimum Gasteiger partial charge on any atom is -0.461 e. The molecule has 1 fully saturated rings. The van der Waals surface area contributed by atoms with Gasteiger partial charge in [0.25, 0.3) is 0 Å². The fourth-order valence-corrected chi connectivity index (χ4v) is 6.94. The Hall–Kier alpha value is -1.85. The van der Waals surface area contributed by atoms with Crippen molar-refractivity contribution in [3.05, 3.63) is 36.5 Å². The van der Waals surface area contributed by atoms with Crippen molar-refractivity contribution < 1.29 is 53.3 Å². The highest BCUT2D eigenvalue weighted by Crippen LogP contribution is 2.37. The number of aliphatic hydroxyl groups excluding tert-OH is 3. The average molecular weight is 773 g/mol. The third-order valence-electron chi connectivity index (χ3n) is 9.73. The first-order valence-electron chi connectivity index (χ1n) is 20.5. The quantitative estimate of drug-likeness (QED) is 0.0187. The van der Waals surface area contributed by atoms with Gasteiger partial charge < -0.3 is 34.6 Å². The van der Waals surface area contributed by atoms with E-state index in [0.29, 0.717) is 19.3 Å². The monoisotopic (exact) mass is 772 g/mol. The Labute approximate surface area is 319 Å². The van der Waals surface area contributed by atoms with Crippen molar-refractivity contribution in [3.8, 4) is 0 Å². The van der Waals surface area contributed by atoms with Gasteiger partial charge in [0.15, 0.2) is 6.10 Å². The van der Waals surface area contributed by atoms with E-state index in [1.165, 1.54) is 57.8 Å². The number of ether oxygens (including phenoxy) is 2. The molecule has 1 saturated carbocycles. The summed E-state index contributed by atoms with van der Waals surface area (Å²) in [5.41, 5.74) is 0. The molecule has 0 aromatic rings. The molecule has 0 spiro atoms. The van der Waals surface area contributed by atoms with Crippen LogP contribution >= 0.6 is 7.82 Å². The molecule has 11 nitrogen and oxygen atoms in total. The molecule has 6 atom stereocenters. The Balaban J connectivity index is 2.33. The van der Waals surface area contributed by atoms with Crippen molar-refractivity contribution in [1.82, 2.24) is 0 Å². The lowest BCUT2D eigenvalue weighted by atomic mass is 9.89. The summed E-state index contributed by atoms with van der Waals surface area (Å²) in [7, 11) is -4.83. The van der Waals surface area contributed by atoms with E-state index in [9.17, 15) is 29.5 Å². The number of allylic oxidation sites excluding steroid dienone is 3. The van der Waals surface area contributed by atoms with E-state index < -0.39 is 57.4 Å². The molecule has 0 heterocycles. The number of esters is 2. The molecule has 5 N–H and O–H groups in total. The van der Waals surface area contributed by atoms with E-state index in [2.05, 4.69) is 30.5 Å². The van der Waals surface area contributed by atoms with Crippen LogP contribution in [0.2, 0.25) is 0 Å². The molecule has 1 aliphatic rings. The molecule has 1 aliphatic carbocycles. The van der Waals surface area contributed by atoms with E-state index in [1.807, 2.05) is 0 Å². The summed E-state index contributed by atoms with van der Waals surface area (Å²) < 4.78 is 26.3. The number of hydrogen-bond donors (Lipinski definition) is 5. The molecule has 0 aromatic heterocycles. The first-order valence-corrected chi connectivity index (χ1v) is 22.1. The van der Waals surface area contributed by atoms with Gasteiger partial charge in [-0.3, -0.25) is 14.1 Å². The predicted octanol–water partition coefficient (Wildman–Crippen LogP) is 8.56. The molecule has 12 heteroatoms. The van der Waals surface area contributed by atoms with Crippen molar-refractivity contribution in [1.29, 1.82) is 0 Å². The minimum atomic E-state index is -4.83. The van der Waals surface area contributed by atoms with Gasteiger partial charge in [0, 0.05) is 18.8 Å². The second kappa shape index (κ2) is 31.4. The summed E-state index contributed by atoms with van der Waals surface area (Å²) >= 11 is 0. The van der Waals surface area contributed by atoms with E-state index in [1.54, 1.807) is 24.3 Å². The molecule has 0 aliphatic heterocycles. The molecule has 308 valence electrons. The van der Waals surface area contributed by atoms with Crippen LogP contribution in [0.25, 0.3) is 0 Å². The van der Waals surface area contributed by atoms with Crippen molar-refractivity contribution in [2.75, 3.05) is 13.2 Å². The maximum absolute atomic E-state index is 12.5. The molecular weight excluding hydrogens is 699 g/mol. The van der Waals surface area contributed by atoms with Crippen LogP contribution in [-0.2, 0) is 28.2 Å². The van der Waals surface area contributed by atoms with Crippen LogP contribution in [0.4, 0.5) is 0 Å². The highest BCUT2D eigenvalue weighted by atomic mass is 31.2. The number of carbonyl (C=O) groups is 2. The zero-order valence-corrected chi connectivity index (χ0v) is 33.6. The topological polar surface area (TPSA) is 180 Å². The van der Waals surface area contributed by atoms with E-state index in [4.69, 9.17) is 19.3 Å². The molecular formula is C41H73O11P. The zero-order valence-electron chi connectivity index (χ0n) is 32.7. The first kappa shape index (κ1) is 49.2. The maximum Gasteiger partial charge on any atom is 0.469 e. The zero-order chi connectivity index (χ0) is 39.2. The average Bonchev–Trinajstić information content (AvgIpc) is 3.38. The molecule has 0 aromatic carbocycles. The van der Waals surface area contributed by atoms with Crippen molar-refractivity contribution in [3.63, 3.8) is 0 Å². The Bertz CT molecular complexity index is 1070. The summed E-state index contributed by atoms with van der Waals surface area (Å²) in [6.07, 6.45) is 29.9. The third-order valence-corrected chi connectivity index (χ3v) is 10.2. The molecule has 0 radical (unpaired) electrons. The lowest BCUT2D eigenvalue weighted by Crippen LogP contribution is -2.29. The normalized spacial score (nSPS) is 20.5. The number of phosphoric ester groups is 1. The van der Waals surface area contributed by atoms with E-state index in [-0.39, 0.29) is 31.1 Å². The van der Waals surface area contributed by atoms with Gasteiger partial charge in [0.1, 0.15) is 6.61 Å². The number of phosphoric acid groups is 1. The Morgan fingerprint density at radius 2 is 1.32 bits per heavy atom. The fraction of sp³-hybridized carbons (Fsp3) is 0.805. The number of hydrogen-bond acceptors (Lipinski definition) is 9. The standard InChI is InChI=1S/C41H73O11P/c1-3-5-7-8-9-10-11-12-13-14-15-16-17-18-19-20-22-28-41(46)52-35(33-51-53(47,48)49)32-50-40(45)27-24-23-26-36-37(39(44)31-38(36)43)30-29-34(42)25-21-6-4-2/h12-13,23-24,29-30,34-39,42-44H,3-11,14-22,25-28,31-33H2,1-2H3,(H2,47,48,49)/b13-12-,24-23-,30-29+/t34-,35-,36+,37-,38+,39-/m1/s1. The molecule has 0 amide bonds. The van der Waals surface area contributed by atoms with Gasteiger partial charge in [-0.05, 0) is 50.9 Å². The molecule has 0 unspecified atom stereocenters. The van der Waals surface area contributed by atoms with Crippen LogP contribution < -0.4 is 0 Å². The van der Waals surface area contributed by atoms with Gasteiger partial charge in [0.2, 0.25) is 0 Å². The van der Waals surface area contributed by atoms with E-state index in [0.717, 1.165) is 51.4 Å². The highest BCUT2D eigenvalue weighted by Gasteiger charge is 2.39. The van der Waals surface area contributed by atoms with Crippen LogP contribution in [0.15, 0.2) is 36.5 Å². The molecule has 53 heavy (non-hydrogen) atoms. The smallest absolute Gasteiger partial charge is 0.461 e. The Kier molecular flexibility index (Phi) is 29.1. The summed E-state index contributed by atoms with van der Waals surface area (Å²) in [6.45, 7) is 3.29. The van der Waals surface area contributed by atoms with Gasteiger partial charge in [-0.15, -0.1) is 0 Å². The minimum absolute atomic E-state index is 0.113. The van der Waals surface area contributed by atoms with Gasteiger partial charge in [-0.2, -0.15) is 0 Å². The lowest BCUT2D eigenvalue weighted by Gasteiger charge is -2.19.